The molecule has 0 unspecified atom stereocenters. The first-order valence-electron chi connectivity index (χ1n) is 9.20. The smallest absolute Gasteiger partial charge is 0.335 e. The van der Waals surface area contributed by atoms with Gasteiger partial charge in [-0.3, -0.25) is 0 Å². The Balaban J connectivity index is 1.84. The fraction of sp³-hybridized carbons (Fsp3) is 0.174. The summed E-state index contributed by atoms with van der Waals surface area (Å²) in [5.41, 5.74) is 2.82. The molecule has 7 heteroatoms. The van der Waals surface area contributed by atoms with E-state index in [9.17, 15) is 14.3 Å². The van der Waals surface area contributed by atoms with Gasteiger partial charge in [0, 0.05) is 23.4 Å². The lowest BCUT2D eigenvalue weighted by atomic mass is 10.1. The molecule has 0 aliphatic carbocycles. The summed E-state index contributed by atoms with van der Waals surface area (Å²) in [6.07, 6.45) is 0. The molecule has 3 aromatic carbocycles. The third-order valence-electron chi connectivity index (χ3n) is 4.66. The van der Waals surface area contributed by atoms with Crippen LogP contribution in [0.25, 0.3) is 0 Å². The van der Waals surface area contributed by atoms with Crippen LogP contribution in [0.2, 0.25) is 5.02 Å². The minimum absolute atomic E-state index is 0.0631. The van der Waals surface area contributed by atoms with Crippen molar-refractivity contribution in [1.29, 1.82) is 0 Å². The van der Waals surface area contributed by atoms with Crippen LogP contribution < -0.4 is 14.8 Å². The predicted molar refractivity (Wildman–Crippen MR) is 114 cm³/mol. The average Bonchev–Trinajstić information content (AvgIpc) is 2.73. The third kappa shape index (κ3) is 4.83. The monoisotopic (exact) mass is 429 g/mol. The number of methoxy groups -OCH3 is 1. The standard InChI is InChI=1S/C23H21ClFNO4/c1-14-9-10-15(23(27)28)11-20(14)26-12-16-5-3-8-21(29-2)22(16)30-13-17-18(24)6-4-7-19(17)25/h3-11,26H,12-13H2,1-2H3,(H,27,28). The second-order valence-corrected chi connectivity index (χ2v) is 7.03. The molecule has 0 fully saturated rings. The Hall–Kier alpha value is -3.25. The largest absolute Gasteiger partial charge is 0.493 e. The SMILES string of the molecule is COc1cccc(CNc2cc(C(=O)O)ccc2C)c1OCc1c(F)cccc1Cl. The molecular weight excluding hydrogens is 409 g/mol. The van der Waals surface area contributed by atoms with Crippen molar-refractivity contribution in [2.75, 3.05) is 12.4 Å². The molecule has 30 heavy (non-hydrogen) atoms. The van der Waals surface area contributed by atoms with E-state index in [0.29, 0.717) is 23.7 Å². The lowest BCUT2D eigenvalue weighted by molar-refractivity contribution is 0.0697. The van der Waals surface area contributed by atoms with Crippen molar-refractivity contribution in [2.45, 2.75) is 20.1 Å². The number of carbonyl (C=O) groups is 1. The third-order valence-corrected chi connectivity index (χ3v) is 5.01. The quantitative estimate of drug-likeness (QED) is 0.481. The summed E-state index contributed by atoms with van der Waals surface area (Å²) in [6.45, 7) is 2.17. The van der Waals surface area contributed by atoms with E-state index in [1.54, 1.807) is 30.3 Å². The maximum Gasteiger partial charge on any atom is 0.335 e. The summed E-state index contributed by atoms with van der Waals surface area (Å²) >= 11 is 6.10. The lowest BCUT2D eigenvalue weighted by Gasteiger charge is -2.17. The van der Waals surface area contributed by atoms with E-state index in [2.05, 4.69) is 5.32 Å². The van der Waals surface area contributed by atoms with Crippen molar-refractivity contribution >= 4 is 23.3 Å². The minimum atomic E-state index is -0.995. The Morgan fingerprint density at radius 2 is 1.93 bits per heavy atom. The Morgan fingerprint density at radius 1 is 1.17 bits per heavy atom. The van der Waals surface area contributed by atoms with E-state index < -0.39 is 11.8 Å². The number of hydrogen-bond acceptors (Lipinski definition) is 4. The summed E-state index contributed by atoms with van der Waals surface area (Å²) in [5.74, 6) is -0.486. The molecule has 0 atom stereocenters. The molecule has 0 spiro atoms. The van der Waals surface area contributed by atoms with Crippen LogP contribution in [-0.4, -0.2) is 18.2 Å². The zero-order valence-corrected chi connectivity index (χ0v) is 17.3. The molecule has 3 aromatic rings. The van der Waals surface area contributed by atoms with E-state index in [1.807, 2.05) is 19.1 Å². The molecule has 0 aliphatic rings. The summed E-state index contributed by atoms with van der Waals surface area (Å²) < 4.78 is 25.4. The van der Waals surface area contributed by atoms with Crippen LogP contribution in [0.15, 0.2) is 54.6 Å². The van der Waals surface area contributed by atoms with Crippen molar-refractivity contribution in [1.82, 2.24) is 0 Å². The maximum atomic E-state index is 14.1. The molecule has 0 heterocycles. The van der Waals surface area contributed by atoms with E-state index >= 15 is 0 Å². The van der Waals surface area contributed by atoms with E-state index in [-0.39, 0.29) is 22.8 Å². The van der Waals surface area contributed by atoms with Crippen LogP contribution in [0.3, 0.4) is 0 Å². The summed E-state index contributed by atoms with van der Waals surface area (Å²) in [5, 5.41) is 12.7. The molecule has 0 saturated heterocycles. The number of aromatic carboxylic acids is 1. The van der Waals surface area contributed by atoms with Gasteiger partial charge in [-0.1, -0.05) is 35.9 Å². The molecule has 0 aromatic heterocycles. The molecule has 0 bridgehead atoms. The Labute approximate surface area is 179 Å². The summed E-state index contributed by atoms with van der Waals surface area (Å²) in [6, 6.07) is 14.8. The highest BCUT2D eigenvalue weighted by atomic mass is 35.5. The molecule has 156 valence electrons. The van der Waals surface area contributed by atoms with Gasteiger partial charge in [-0.2, -0.15) is 0 Å². The molecule has 0 radical (unpaired) electrons. The molecule has 2 N–H and O–H groups in total. The van der Waals surface area contributed by atoms with Crippen LogP contribution >= 0.6 is 11.6 Å². The van der Waals surface area contributed by atoms with Gasteiger partial charge < -0.3 is 19.9 Å². The number of halogens is 2. The van der Waals surface area contributed by atoms with E-state index in [4.69, 9.17) is 21.1 Å². The Bertz CT molecular complexity index is 1050. The Kier molecular flexibility index (Phi) is 6.79. The van der Waals surface area contributed by atoms with Gasteiger partial charge >= 0.3 is 5.97 Å². The predicted octanol–water partition coefficient (Wildman–Crippen LogP) is 5.69. The topological polar surface area (TPSA) is 67.8 Å². The second-order valence-electron chi connectivity index (χ2n) is 6.63. The summed E-state index contributed by atoms with van der Waals surface area (Å²) in [4.78, 5) is 11.2. The molecule has 5 nitrogen and oxygen atoms in total. The van der Waals surface area contributed by atoms with Gasteiger partial charge in [-0.15, -0.1) is 0 Å². The van der Waals surface area contributed by atoms with Crippen molar-refractivity contribution in [2.24, 2.45) is 0 Å². The second kappa shape index (κ2) is 9.50. The van der Waals surface area contributed by atoms with Crippen molar-refractivity contribution in [3.8, 4) is 11.5 Å². The molecular formula is C23H21ClFNO4. The fourth-order valence-corrected chi connectivity index (χ4v) is 3.19. The van der Waals surface area contributed by atoms with Gasteiger partial charge in [0.1, 0.15) is 12.4 Å². The van der Waals surface area contributed by atoms with Crippen molar-refractivity contribution in [3.05, 3.63) is 87.7 Å². The normalized spacial score (nSPS) is 10.5. The average molecular weight is 430 g/mol. The number of hydrogen-bond donors (Lipinski definition) is 2. The number of ether oxygens (including phenoxy) is 2. The van der Waals surface area contributed by atoms with Crippen molar-refractivity contribution in [3.63, 3.8) is 0 Å². The minimum Gasteiger partial charge on any atom is -0.493 e. The highest BCUT2D eigenvalue weighted by Gasteiger charge is 2.14. The fourth-order valence-electron chi connectivity index (χ4n) is 2.98. The van der Waals surface area contributed by atoms with Gasteiger partial charge in [-0.25, -0.2) is 9.18 Å². The van der Waals surface area contributed by atoms with Crippen molar-refractivity contribution < 1.29 is 23.8 Å². The van der Waals surface area contributed by atoms with Gasteiger partial charge in [0.25, 0.3) is 0 Å². The van der Waals surface area contributed by atoms with Gasteiger partial charge in [0.2, 0.25) is 0 Å². The maximum absolute atomic E-state index is 14.1. The first kappa shape index (κ1) is 21.5. The molecule has 3 rings (SSSR count). The zero-order chi connectivity index (χ0) is 21.7. The van der Waals surface area contributed by atoms with Crippen LogP contribution in [0.1, 0.15) is 27.0 Å². The number of rotatable bonds is 8. The van der Waals surface area contributed by atoms with Crippen LogP contribution in [0.4, 0.5) is 10.1 Å². The van der Waals surface area contributed by atoms with E-state index in [0.717, 1.165) is 11.1 Å². The number of nitrogens with one attached hydrogen (secondary N) is 1. The number of benzene rings is 3. The number of para-hydroxylation sites is 1. The number of aryl methyl sites for hydroxylation is 1. The van der Waals surface area contributed by atoms with Gasteiger partial charge in [0.05, 0.1) is 17.7 Å². The molecule has 0 saturated carbocycles. The molecule has 0 aliphatic heterocycles. The van der Waals surface area contributed by atoms with Crippen LogP contribution in [0, 0.1) is 12.7 Å². The first-order chi connectivity index (χ1) is 14.4. The van der Waals surface area contributed by atoms with Crippen LogP contribution in [-0.2, 0) is 13.2 Å². The summed E-state index contributed by atoms with van der Waals surface area (Å²) in [7, 11) is 1.52. The number of carboxylic acids is 1. The van der Waals surface area contributed by atoms with E-state index in [1.165, 1.54) is 19.2 Å². The van der Waals surface area contributed by atoms with Gasteiger partial charge in [0.15, 0.2) is 11.5 Å². The highest BCUT2D eigenvalue weighted by Crippen LogP contribution is 2.33. The Morgan fingerprint density at radius 3 is 2.63 bits per heavy atom. The number of carboxylic acid groups (broad SMARTS) is 1. The number of anilines is 1. The molecule has 0 amide bonds. The zero-order valence-electron chi connectivity index (χ0n) is 16.5. The van der Waals surface area contributed by atoms with Crippen LogP contribution in [0.5, 0.6) is 11.5 Å². The lowest BCUT2D eigenvalue weighted by Crippen LogP contribution is -2.07. The van der Waals surface area contributed by atoms with Gasteiger partial charge in [-0.05, 0) is 42.8 Å². The first-order valence-corrected chi connectivity index (χ1v) is 9.58. The highest BCUT2D eigenvalue weighted by molar-refractivity contribution is 6.31.